The lowest BCUT2D eigenvalue weighted by atomic mass is 9.90. The zero-order valence-electron chi connectivity index (χ0n) is 16.9. The van der Waals surface area contributed by atoms with Gasteiger partial charge in [0.05, 0.1) is 0 Å². The van der Waals surface area contributed by atoms with Crippen LogP contribution in [0.5, 0.6) is 0 Å². The van der Waals surface area contributed by atoms with Crippen LogP contribution in [0.15, 0.2) is 60.7 Å². The van der Waals surface area contributed by atoms with E-state index in [4.69, 9.17) is 0 Å². The molecule has 28 heavy (non-hydrogen) atoms. The van der Waals surface area contributed by atoms with E-state index in [-0.39, 0.29) is 17.9 Å². The summed E-state index contributed by atoms with van der Waals surface area (Å²) >= 11 is 0. The van der Waals surface area contributed by atoms with E-state index in [1.165, 1.54) is 5.56 Å². The van der Waals surface area contributed by atoms with Crippen molar-refractivity contribution in [3.63, 3.8) is 0 Å². The van der Waals surface area contributed by atoms with Crippen molar-refractivity contribution in [1.29, 1.82) is 0 Å². The predicted octanol–water partition coefficient (Wildman–Crippen LogP) is 3.90. The summed E-state index contributed by atoms with van der Waals surface area (Å²) in [6, 6.07) is 20.3. The Morgan fingerprint density at radius 3 is 2.00 bits per heavy atom. The van der Waals surface area contributed by atoms with Crippen LogP contribution in [0.1, 0.15) is 37.8 Å². The summed E-state index contributed by atoms with van der Waals surface area (Å²) in [4.78, 5) is 29.1. The second-order valence-corrected chi connectivity index (χ2v) is 7.94. The van der Waals surface area contributed by atoms with Crippen LogP contribution in [-0.2, 0) is 22.6 Å². The summed E-state index contributed by atoms with van der Waals surface area (Å²) in [5, 5.41) is 0. The quantitative estimate of drug-likeness (QED) is 0.740. The van der Waals surface area contributed by atoms with Gasteiger partial charge in [-0.25, -0.2) is 0 Å². The van der Waals surface area contributed by atoms with Crippen molar-refractivity contribution >= 4 is 11.8 Å². The zero-order chi connectivity index (χ0) is 19.9. The van der Waals surface area contributed by atoms with Gasteiger partial charge in [0, 0.05) is 25.7 Å². The van der Waals surface area contributed by atoms with E-state index in [0.29, 0.717) is 25.6 Å². The van der Waals surface area contributed by atoms with E-state index in [2.05, 4.69) is 24.3 Å². The van der Waals surface area contributed by atoms with E-state index >= 15 is 0 Å². The molecule has 4 heteroatoms. The second-order valence-electron chi connectivity index (χ2n) is 7.94. The zero-order valence-corrected chi connectivity index (χ0v) is 16.9. The molecule has 0 atom stereocenters. The van der Waals surface area contributed by atoms with Crippen LogP contribution >= 0.6 is 0 Å². The van der Waals surface area contributed by atoms with Crippen LogP contribution in [0.25, 0.3) is 0 Å². The lowest BCUT2D eigenvalue weighted by molar-refractivity contribution is -0.154. The number of hydrogen-bond donors (Lipinski definition) is 0. The number of rotatable bonds is 5. The lowest BCUT2D eigenvalue weighted by Gasteiger charge is -2.34. The third-order valence-corrected chi connectivity index (χ3v) is 5.53. The molecule has 2 aromatic carbocycles. The van der Waals surface area contributed by atoms with E-state index in [1.54, 1.807) is 9.80 Å². The first-order valence-corrected chi connectivity index (χ1v) is 10.2. The molecule has 1 aliphatic heterocycles. The molecule has 148 valence electrons. The highest BCUT2D eigenvalue weighted by atomic mass is 16.2. The normalized spacial score (nSPS) is 14.9. The summed E-state index contributed by atoms with van der Waals surface area (Å²) in [5.41, 5.74) is 2.39. The van der Waals surface area contributed by atoms with Gasteiger partial charge in [0.25, 0.3) is 0 Å². The third-order valence-electron chi connectivity index (χ3n) is 5.53. The SMILES string of the molecule is CC(C)N(Cc1ccccc1)C(=O)C(=O)N1CCC(Cc2ccccc2)CC1. The van der Waals surface area contributed by atoms with E-state index in [9.17, 15) is 9.59 Å². The highest BCUT2D eigenvalue weighted by Crippen LogP contribution is 2.22. The van der Waals surface area contributed by atoms with Gasteiger partial charge in [-0.15, -0.1) is 0 Å². The second kappa shape index (κ2) is 9.54. The van der Waals surface area contributed by atoms with Gasteiger partial charge in [0.1, 0.15) is 0 Å². The Hall–Kier alpha value is -2.62. The molecule has 1 fully saturated rings. The van der Waals surface area contributed by atoms with Crippen molar-refractivity contribution in [3.05, 3.63) is 71.8 Å². The fourth-order valence-corrected chi connectivity index (χ4v) is 3.81. The van der Waals surface area contributed by atoms with Crippen LogP contribution in [-0.4, -0.2) is 40.7 Å². The number of benzene rings is 2. The summed E-state index contributed by atoms with van der Waals surface area (Å²) < 4.78 is 0. The Balaban J connectivity index is 1.56. The molecule has 2 aromatic rings. The van der Waals surface area contributed by atoms with Crippen molar-refractivity contribution in [2.45, 2.75) is 45.7 Å². The molecule has 1 saturated heterocycles. The molecule has 0 saturated carbocycles. The highest BCUT2D eigenvalue weighted by molar-refractivity contribution is 6.34. The topological polar surface area (TPSA) is 40.6 Å². The Bertz CT molecular complexity index is 766. The summed E-state index contributed by atoms with van der Waals surface area (Å²) in [6.07, 6.45) is 2.95. The first-order chi connectivity index (χ1) is 13.5. The van der Waals surface area contributed by atoms with E-state index < -0.39 is 0 Å². The fraction of sp³-hybridized carbons (Fsp3) is 0.417. The predicted molar refractivity (Wildman–Crippen MR) is 112 cm³/mol. The molecule has 2 amide bonds. The molecule has 3 rings (SSSR count). The van der Waals surface area contributed by atoms with E-state index in [1.807, 2.05) is 50.2 Å². The number of amides is 2. The highest BCUT2D eigenvalue weighted by Gasteiger charge is 2.31. The molecule has 1 heterocycles. The fourth-order valence-electron chi connectivity index (χ4n) is 3.81. The van der Waals surface area contributed by atoms with Crippen molar-refractivity contribution in [2.75, 3.05) is 13.1 Å². The van der Waals surface area contributed by atoms with Gasteiger partial charge in [-0.3, -0.25) is 9.59 Å². The minimum atomic E-state index is -0.389. The molecule has 0 spiro atoms. The maximum atomic E-state index is 12.9. The number of piperidine rings is 1. The third kappa shape index (κ3) is 5.22. The van der Waals surface area contributed by atoms with Crippen LogP contribution in [0.2, 0.25) is 0 Å². The molecule has 4 nitrogen and oxygen atoms in total. The van der Waals surface area contributed by atoms with Crippen molar-refractivity contribution < 1.29 is 9.59 Å². The molecular weight excluding hydrogens is 348 g/mol. The molecule has 0 aromatic heterocycles. The van der Waals surface area contributed by atoms with Crippen molar-refractivity contribution in [3.8, 4) is 0 Å². The summed E-state index contributed by atoms with van der Waals surface area (Å²) in [6.45, 7) is 5.71. The summed E-state index contributed by atoms with van der Waals surface area (Å²) in [5.74, 6) is -0.171. The van der Waals surface area contributed by atoms with E-state index in [0.717, 1.165) is 24.8 Å². The Labute approximate surface area is 168 Å². The minimum Gasteiger partial charge on any atom is -0.334 e. The van der Waals surface area contributed by atoms with Crippen LogP contribution in [0, 0.1) is 5.92 Å². The van der Waals surface area contributed by atoms with Crippen LogP contribution in [0.3, 0.4) is 0 Å². The smallest absolute Gasteiger partial charge is 0.312 e. The Morgan fingerprint density at radius 1 is 0.929 bits per heavy atom. The van der Waals surface area contributed by atoms with Gasteiger partial charge in [-0.05, 0) is 50.2 Å². The molecule has 0 N–H and O–H groups in total. The largest absolute Gasteiger partial charge is 0.334 e. The molecular formula is C24H30N2O2. The number of hydrogen-bond acceptors (Lipinski definition) is 2. The van der Waals surface area contributed by atoms with Gasteiger partial charge in [-0.2, -0.15) is 0 Å². The van der Waals surface area contributed by atoms with Crippen molar-refractivity contribution in [2.24, 2.45) is 5.92 Å². The molecule has 1 aliphatic rings. The first-order valence-electron chi connectivity index (χ1n) is 10.2. The molecule has 0 unspecified atom stereocenters. The summed E-state index contributed by atoms with van der Waals surface area (Å²) in [7, 11) is 0. The van der Waals surface area contributed by atoms with Gasteiger partial charge >= 0.3 is 11.8 Å². The van der Waals surface area contributed by atoms with Gasteiger partial charge in [0.2, 0.25) is 0 Å². The number of carbonyl (C=O) groups excluding carboxylic acids is 2. The molecule has 0 bridgehead atoms. The van der Waals surface area contributed by atoms with Gasteiger partial charge in [0.15, 0.2) is 0 Å². The Kier molecular flexibility index (Phi) is 6.85. The van der Waals surface area contributed by atoms with Crippen LogP contribution in [0.4, 0.5) is 0 Å². The van der Waals surface area contributed by atoms with Gasteiger partial charge < -0.3 is 9.80 Å². The van der Waals surface area contributed by atoms with Crippen molar-refractivity contribution in [1.82, 2.24) is 9.80 Å². The number of carbonyl (C=O) groups is 2. The standard InChI is InChI=1S/C24H30N2O2/c1-19(2)26(18-22-11-7-4-8-12-22)24(28)23(27)25-15-13-21(14-16-25)17-20-9-5-3-6-10-20/h3-12,19,21H,13-18H2,1-2H3. The lowest BCUT2D eigenvalue weighted by Crippen LogP contribution is -2.49. The first kappa shape index (κ1) is 20.1. The maximum Gasteiger partial charge on any atom is 0.312 e. The monoisotopic (exact) mass is 378 g/mol. The number of nitrogens with zero attached hydrogens (tertiary/aromatic N) is 2. The minimum absolute atomic E-state index is 0.0210. The average Bonchev–Trinajstić information content (AvgIpc) is 2.73. The van der Waals surface area contributed by atoms with Crippen LogP contribution < -0.4 is 0 Å². The maximum absolute atomic E-state index is 12.9. The average molecular weight is 379 g/mol. The molecule has 0 aliphatic carbocycles. The molecule has 0 radical (unpaired) electrons. The number of likely N-dealkylation sites (tertiary alicyclic amines) is 1. The van der Waals surface area contributed by atoms with Gasteiger partial charge in [-0.1, -0.05) is 60.7 Å². The Morgan fingerprint density at radius 2 is 1.46 bits per heavy atom.